The van der Waals surface area contributed by atoms with Crippen LogP contribution < -0.4 is 10.1 Å². The summed E-state index contributed by atoms with van der Waals surface area (Å²) in [4.78, 5) is 12.1. The van der Waals surface area contributed by atoms with E-state index in [1.54, 1.807) is 11.4 Å². The lowest BCUT2D eigenvalue weighted by Crippen LogP contribution is -2.14. The van der Waals surface area contributed by atoms with Crippen molar-refractivity contribution in [1.82, 2.24) is 14.8 Å². The summed E-state index contributed by atoms with van der Waals surface area (Å²) in [5, 5.41) is 23.0. The Morgan fingerprint density at radius 2 is 2.07 bits per heavy atom. The molecule has 0 radical (unpaired) electrons. The van der Waals surface area contributed by atoms with Crippen LogP contribution in [-0.4, -0.2) is 26.4 Å². The maximum absolute atomic E-state index is 12.1. The standard InChI is InChI=1S/C20H21N5O2S2/c1-13(2)14-4-6-16(7-5-14)27-11-17-23-24-20(25(17)3)29-12-18(26)22-19-15(10-21)8-9-28-19/h4-9,13H,11-12H2,1-3H3,(H,22,26). The van der Waals surface area contributed by atoms with Gasteiger partial charge >= 0.3 is 0 Å². The minimum atomic E-state index is -0.194. The maximum Gasteiger partial charge on any atom is 0.235 e. The number of carbonyl (C=O) groups excluding carboxylic acids is 1. The number of hydrogen-bond acceptors (Lipinski definition) is 7. The zero-order chi connectivity index (χ0) is 20.8. The van der Waals surface area contributed by atoms with Crippen LogP contribution in [0.1, 0.15) is 36.7 Å². The Morgan fingerprint density at radius 1 is 1.31 bits per heavy atom. The third kappa shape index (κ3) is 5.37. The van der Waals surface area contributed by atoms with E-state index >= 15 is 0 Å². The van der Waals surface area contributed by atoms with Gasteiger partial charge in [0.15, 0.2) is 11.0 Å². The molecule has 2 heterocycles. The van der Waals surface area contributed by atoms with E-state index in [1.165, 1.54) is 28.7 Å². The fraction of sp³-hybridized carbons (Fsp3) is 0.300. The van der Waals surface area contributed by atoms with Crippen LogP contribution in [0.3, 0.4) is 0 Å². The summed E-state index contributed by atoms with van der Waals surface area (Å²) in [7, 11) is 1.84. The van der Waals surface area contributed by atoms with Crippen molar-refractivity contribution >= 4 is 34.0 Å². The Balaban J connectivity index is 1.52. The minimum Gasteiger partial charge on any atom is -0.486 e. The van der Waals surface area contributed by atoms with Gasteiger partial charge in [0.2, 0.25) is 5.91 Å². The first-order valence-electron chi connectivity index (χ1n) is 8.99. The van der Waals surface area contributed by atoms with Gasteiger partial charge in [0.1, 0.15) is 23.4 Å². The number of aromatic nitrogens is 3. The summed E-state index contributed by atoms with van der Waals surface area (Å²) in [5.74, 6) is 1.90. The van der Waals surface area contributed by atoms with Gasteiger partial charge < -0.3 is 14.6 Å². The summed E-state index contributed by atoms with van der Waals surface area (Å²) >= 11 is 2.61. The molecule has 0 atom stereocenters. The van der Waals surface area contributed by atoms with E-state index in [1.807, 2.05) is 23.7 Å². The molecule has 0 bridgehead atoms. The first-order chi connectivity index (χ1) is 14.0. The summed E-state index contributed by atoms with van der Waals surface area (Å²) < 4.78 is 7.61. The van der Waals surface area contributed by atoms with Crippen molar-refractivity contribution in [2.75, 3.05) is 11.1 Å². The van der Waals surface area contributed by atoms with Crippen molar-refractivity contribution in [3.63, 3.8) is 0 Å². The van der Waals surface area contributed by atoms with Crippen molar-refractivity contribution in [3.05, 3.63) is 52.7 Å². The zero-order valence-corrected chi connectivity index (χ0v) is 18.0. The molecule has 3 aromatic rings. The zero-order valence-electron chi connectivity index (χ0n) is 16.4. The third-order valence-electron chi connectivity index (χ3n) is 4.21. The Morgan fingerprint density at radius 3 is 2.76 bits per heavy atom. The fourth-order valence-corrected chi connectivity index (χ4v) is 3.96. The number of thiophene rings is 1. The monoisotopic (exact) mass is 427 g/mol. The number of nitrogens with zero attached hydrogens (tertiary/aromatic N) is 4. The number of anilines is 1. The van der Waals surface area contributed by atoms with Gasteiger partial charge in [0.05, 0.1) is 11.3 Å². The Kier molecular flexibility index (Phi) is 6.90. The van der Waals surface area contributed by atoms with Gasteiger partial charge in [-0.1, -0.05) is 37.7 Å². The molecular formula is C20H21N5O2S2. The number of carbonyl (C=O) groups is 1. The van der Waals surface area contributed by atoms with Crippen LogP contribution in [0.4, 0.5) is 5.00 Å². The lowest BCUT2D eigenvalue weighted by molar-refractivity contribution is -0.113. The molecule has 0 aliphatic heterocycles. The Labute approximate surface area is 177 Å². The molecule has 150 valence electrons. The largest absolute Gasteiger partial charge is 0.486 e. The second kappa shape index (κ2) is 9.58. The first kappa shape index (κ1) is 20.9. The van der Waals surface area contributed by atoms with Crippen LogP contribution in [0.25, 0.3) is 0 Å². The quantitative estimate of drug-likeness (QED) is 0.542. The predicted octanol–water partition coefficient (Wildman–Crippen LogP) is 4.18. The van der Waals surface area contributed by atoms with Crippen LogP contribution in [0.2, 0.25) is 0 Å². The number of thioether (sulfide) groups is 1. The molecule has 1 amide bonds. The topological polar surface area (TPSA) is 92.8 Å². The molecule has 1 aromatic carbocycles. The summed E-state index contributed by atoms with van der Waals surface area (Å²) in [6.07, 6.45) is 0. The van der Waals surface area contributed by atoms with Gasteiger partial charge in [-0.05, 0) is 35.1 Å². The third-order valence-corrected chi connectivity index (χ3v) is 6.06. The van der Waals surface area contributed by atoms with Crippen LogP contribution >= 0.6 is 23.1 Å². The second-order valence-electron chi connectivity index (χ2n) is 6.58. The van der Waals surface area contributed by atoms with Crippen molar-refractivity contribution in [2.24, 2.45) is 7.05 Å². The Hall–Kier alpha value is -2.83. The molecule has 0 saturated carbocycles. The van der Waals surface area contributed by atoms with E-state index in [4.69, 9.17) is 10.00 Å². The van der Waals surface area contributed by atoms with E-state index in [0.717, 1.165) is 5.75 Å². The van der Waals surface area contributed by atoms with Crippen molar-refractivity contribution in [3.8, 4) is 11.8 Å². The van der Waals surface area contributed by atoms with Gasteiger partial charge in [0, 0.05) is 7.05 Å². The normalized spacial score (nSPS) is 10.7. The number of nitriles is 1. The van der Waals surface area contributed by atoms with E-state index in [2.05, 4.69) is 47.6 Å². The lowest BCUT2D eigenvalue weighted by Gasteiger charge is -2.09. The van der Waals surface area contributed by atoms with Gasteiger partial charge in [0.25, 0.3) is 0 Å². The molecule has 0 saturated heterocycles. The lowest BCUT2D eigenvalue weighted by atomic mass is 10.0. The van der Waals surface area contributed by atoms with Crippen LogP contribution in [0.5, 0.6) is 5.75 Å². The highest BCUT2D eigenvalue weighted by molar-refractivity contribution is 7.99. The predicted molar refractivity (Wildman–Crippen MR) is 114 cm³/mol. The highest BCUT2D eigenvalue weighted by Crippen LogP contribution is 2.23. The SMILES string of the molecule is CC(C)c1ccc(OCc2nnc(SCC(=O)Nc3sccc3C#N)n2C)cc1. The molecule has 0 aliphatic rings. The number of nitrogens with one attached hydrogen (secondary N) is 1. The molecule has 29 heavy (non-hydrogen) atoms. The van der Waals surface area contributed by atoms with Crippen LogP contribution in [-0.2, 0) is 18.4 Å². The molecule has 0 fully saturated rings. The fourth-order valence-electron chi connectivity index (χ4n) is 2.48. The van der Waals surface area contributed by atoms with Crippen LogP contribution in [0.15, 0.2) is 40.9 Å². The molecule has 3 rings (SSSR count). The van der Waals surface area contributed by atoms with E-state index in [0.29, 0.717) is 27.5 Å². The molecule has 7 nitrogen and oxygen atoms in total. The Bertz CT molecular complexity index is 1020. The number of benzene rings is 1. The average Bonchev–Trinajstić information content (AvgIpc) is 3.31. The summed E-state index contributed by atoms with van der Waals surface area (Å²) in [6, 6.07) is 11.7. The molecule has 9 heteroatoms. The van der Waals surface area contributed by atoms with E-state index in [9.17, 15) is 4.79 Å². The van der Waals surface area contributed by atoms with Gasteiger partial charge in [-0.15, -0.1) is 21.5 Å². The van der Waals surface area contributed by atoms with Crippen molar-refractivity contribution in [2.45, 2.75) is 31.5 Å². The number of hydrogen-bond donors (Lipinski definition) is 1. The molecule has 0 aliphatic carbocycles. The smallest absolute Gasteiger partial charge is 0.235 e. The molecule has 1 N–H and O–H groups in total. The second-order valence-corrected chi connectivity index (χ2v) is 8.44. The summed E-state index contributed by atoms with van der Waals surface area (Å²) in [5.41, 5.74) is 1.73. The summed E-state index contributed by atoms with van der Waals surface area (Å²) in [6.45, 7) is 4.59. The average molecular weight is 428 g/mol. The van der Waals surface area contributed by atoms with Crippen molar-refractivity contribution in [1.29, 1.82) is 5.26 Å². The van der Waals surface area contributed by atoms with Gasteiger partial charge in [-0.3, -0.25) is 4.79 Å². The minimum absolute atomic E-state index is 0.173. The van der Waals surface area contributed by atoms with Crippen molar-refractivity contribution < 1.29 is 9.53 Å². The number of ether oxygens (including phenoxy) is 1. The highest BCUT2D eigenvalue weighted by Gasteiger charge is 2.13. The molecule has 0 unspecified atom stereocenters. The molecule has 0 spiro atoms. The van der Waals surface area contributed by atoms with E-state index < -0.39 is 0 Å². The van der Waals surface area contributed by atoms with E-state index in [-0.39, 0.29) is 18.3 Å². The van der Waals surface area contributed by atoms with Gasteiger partial charge in [-0.25, -0.2) is 0 Å². The maximum atomic E-state index is 12.1. The highest BCUT2D eigenvalue weighted by atomic mass is 32.2. The molecular weight excluding hydrogens is 406 g/mol. The number of rotatable bonds is 8. The van der Waals surface area contributed by atoms with Gasteiger partial charge in [-0.2, -0.15) is 5.26 Å². The first-order valence-corrected chi connectivity index (χ1v) is 10.9. The van der Waals surface area contributed by atoms with Crippen LogP contribution in [0, 0.1) is 11.3 Å². The molecule has 2 aromatic heterocycles. The number of amides is 1.